The highest BCUT2D eigenvalue weighted by molar-refractivity contribution is 7.17. The number of hydrogen-bond donors (Lipinski definition) is 0. The van der Waals surface area contributed by atoms with E-state index in [-0.39, 0.29) is 12.3 Å². The minimum atomic E-state index is 0.145. The van der Waals surface area contributed by atoms with Crippen LogP contribution in [-0.2, 0) is 16.0 Å². The van der Waals surface area contributed by atoms with E-state index in [1.807, 2.05) is 11.0 Å². The first-order valence-electron chi connectivity index (χ1n) is 11.6. The molecule has 0 spiro atoms. The summed E-state index contributed by atoms with van der Waals surface area (Å²) in [5, 5.41) is 3.30. The molecule has 0 N–H and O–H groups in total. The molecule has 0 saturated carbocycles. The number of rotatable bonds is 6. The van der Waals surface area contributed by atoms with Crippen LogP contribution in [0.1, 0.15) is 31.5 Å². The number of benzene rings is 1. The van der Waals surface area contributed by atoms with Crippen molar-refractivity contribution in [1.29, 1.82) is 0 Å². The molecular formula is C25H30N4O2S. The molecule has 2 aromatic heterocycles. The molecule has 0 bridgehead atoms. The first-order valence-corrected chi connectivity index (χ1v) is 12.5. The van der Waals surface area contributed by atoms with Gasteiger partial charge in [-0.2, -0.15) is 0 Å². The maximum atomic E-state index is 12.8. The van der Waals surface area contributed by atoms with Crippen LogP contribution in [0.5, 0.6) is 0 Å². The van der Waals surface area contributed by atoms with Crippen molar-refractivity contribution in [3.63, 3.8) is 0 Å². The van der Waals surface area contributed by atoms with E-state index < -0.39 is 0 Å². The third-order valence-electron chi connectivity index (χ3n) is 6.63. The Morgan fingerprint density at radius 2 is 1.84 bits per heavy atom. The Balaban J connectivity index is 1.51. The summed E-state index contributed by atoms with van der Waals surface area (Å²) < 4.78 is 5.38. The van der Waals surface area contributed by atoms with Gasteiger partial charge in [-0.15, -0.1) is 11.3 Å². The third kappa shape index (κ3) is 4.36. The summed E-state index contributed by atoms with van der Waals surface area (Å²) in [6.45, 7) is 4.43. The molecule has 3 aromatic rings. The molecule has 1 amide bonds. The summed E-state index contributed by atoms with van der Waals surface area (Å²) in [6.07, 6.45) is 4.65. The quantitative estimate of drug-likeness (QED) is 0.558. The fourth-order valence-electron chi connectivity index (χ4n) is 4.87. The molecular weight excluding hydrogens is 420 g/mol. The molecule has 32 heavy (non-hydrogen) atoms. The first-order chi connectivity index (χ1) is 15.7. The summed E-state index contributed by atoms with van der Waals surface area (Å²) >= 11 is 1.65. The number of nitrogens with zero attached hydrogens (tertiary/aromatic N) is 4. The van der Waals surface area contributed by atoms with Gasteiger partial charge in [-0.1, -0.05) is 30.3 Å². The number of likely N-dealkylation sites (tertiary alicyclic amines) is 1. The fourth-order valence-corrected chi connectivity index (χ4v) is 5.83. The summed E-state index contributed by atoms with van der Waals surface area (Å²) in [5.41, 5.74) is 2.36. The molecule has 2 saturated heterocycles. The van der Waals surface area contributed by atoms with Crippen LogP contribution in [-0.4, -0.2) is 60.7 Å². The molecule has 2 aliphatic heterocycles. The van der Waals surface area contributed by atoms with Crippen molar-refractivity contribution >= 4 is 33.3 Å². The number of carbonyl (C=O) groups is 1. The van der Waals surface area contributed by atoms with Crippen molar-refractivity contribution in [2.75, 3.05) is 44.8 Å². The maximum Gasteiger partial charge on any atom is 0.230 e. The van der Waals surface area contributed by atoms with Gasteiger partial charge < -0.3 is 14.5 Å². The van der Waals surface area contributed by atoms with Gasteiger partial charge in [0, 0.05) is 50.8 Å². The largest absolute Gasteiger partial charge is 0.384 e. The van der Waals surface area contributed by atoms with E-state index in [0.29, 0.717) is 11.7 Å². The first kappa shape index (κ1) is 21.3. The number of piperidine rings is 1. The second kappa shape index (κ2) is 9.55. The van der Waals surface area contributed by atoms with Crippen LogP contribution in [0.15, 0.2) is 35.7 Å². The average molecular weight is 451 g/mol. The Bertz CT molecular complexity index is 1070. The number of hydrogen-bond acceptors (Lipinski definition) is 6. The molecule has 1 aromatic carbocycles. The number of ether oxygens (including phenoxy) is 1. The zero-order valence-electron chi connectivity index (χ0n) is 18.6. The van der Waals surface area contributed by atoms with Crippen molar-refractivity contribution in [2.45, 2.75) is 32.1 Å². The number of methoxy groups -OCH3 is 1. The van der Waals surface area contributed by atoms with Gasteiger partial charge in [0.05, 0.1) is 11.8 Å². The molecule has 4 heterocycles. The van der Waals surface area contributed by atoms with Crippen molar-refractivity contribution < 1.29 is 9.53 Å². The summed E-state index contributed by atoms with van der Waals surface area (Å²) in [5.74, 6) is 2.37. The molecule has 6 nitrogen and oxygen atoms in total. The van der Waals surface area contributed by atoms with Crippen molar-refractivity contribution in [3.05, 3.63) is 41.5 Å². The van der Waals surface area contributed by atoms with E-state index in [2.05, 4.69) is 34.5 Å². The molecule has 5 rings (SSSR count). The lowest BCUT2D eigenvalue weighted by molar-refractivity contribution is -0.129. The van der Waals surface area contributed by atoms with Gasteiger partial charge in [0.15, 0.2) is 0 Å². The Morgan fingerprint density at radius 3 is 2.56 bits per heavy atom. The van der Waals surface area contributed by atoms with Crippen molar-refractivity contribution in [1.82, 2.24) is 14.9 Å². The van der Waals surface area contributed by atoms with Crippen LogP contribution in [0.4, 0.5) is 5.82 Å². The standard InChI is InChI=1S/C25H30N4O2S/c1-31-16-18-9-13-29(14-10-18)24-23-20(19-7-3-2-4-8-19)17-32-25(23)27-21(26-24)15-22(30)28-11-5-6-12-28/h2-4,7-8,17-18H,5-6,9-16H2,1H3. The lowest BCUT2D eigenvalue weighted by atomic mass is 9.97. The summed E-state index contributed by atoms with van der Waals surface area (Å²) in [4.78, 5) is 28.0. The molecule has 168 valence electrons. The molecule has 2 aliphatic rings. The van der Waals surface area contributed by atoms with Crippen LogP contribution < -0.4 is 4.90 Å². The third-order valence-corrected chi connectivity index (χ3v) is 7.50. The highest BCUT2D eigenvalue weighted by Crippen LogP contribution is 2.39. The van der Waals surface area contributed by atoms with Crippen LogP contribution in [0, 0.1) is 5.92 Å². The molecule has 0 atom stereocenters. The molecule has 0 unspecified atom stereocenters. The summed E-state index contributed by atoms with van der Waals surface area (Å²) in [6, 6.07) is 10.5. The fraction of sp³-hybridized carbons (Fsp3) is 0.480. The van der Waals surface area contributed by atoms with Crippen LogP contribution in [0.3, 0.4) is 0 Å². The topological polar surface area (TPSA) is 58.6 Å². The predicted molar refractivity (Wildman–Crippen MR) is 129 cm³/mol. The van der Waals surface area contributed by atoms with E-state index in [1.165, 1.54) is 11.1 Å². The lowest BCUT2D eigenvalue weighted by Crippen LogP contribution is -2.36. The smallest absolute Gasteiger partial charge is 0.230 e. The van der Waals surface area contributed by atoms with Crippen LogP contribution >= 0.6 is 11.3 Å². The van der Waals surface area contributed by atoms with Gasteiger partial charge in [0.1, 0.15) is 16.5 Å². The number of fused-ring (bicyclic) bond motifs is 1. The Kier molecular flexibility index (Phi) is 6.37. The number of thiophene rings is 1. The molecule has 0 radical (unpaired) electrons. The van der Waals surface area contributed by atoms with E-state index in [1.54, 1.807) is 18.4 Å². The minimum absolute atomic E-state index is 0.145. The van der Waals surface area contributed by atoms with E-state index in [0.717, 1.165) is 74.5 Å². The van der Waals surface area contributed by atoms with Crippen LogP contribution in [0.25, 0.3) is 21.3 Å². The predicted octanol–water partition coefficient (Wildman–Crippen LogP) is 4.39. The van der Waals surface area contributed by atoms with Gasteiger partial charge in [-0.3, -0.25) is 4.79 Å². The van der Waals surface area contributed by atoms with Gasteiger partial charge in [-0.05, 0) is 37.2 Å². The minimum Gasteiger partial charge on any atom is -0.384 e. The lowest BCUT2D eigenvalue weighted by Gasteiger charge is -2.33. The van der Waals surface area contributed by atoms with Crippen LogP contribution in [0.2, 0.25) is 0 Å². The zero-order chi connectivity index (χ0) is 21.9. The summed E-state index contributed by atoms with van der Waals surface area (Å²) in [7, 11) is 1.78. The van der Waals surface area contributed by atoms with Crippen molar-refractivity contribution in [3.8, 4) is 11.1 Å². The number of carbonyl (C=O) groups excluding carboxylic acids is 1. The SMILES string of the molecule is COCC1CCN(c2nc(CC(=O)N3CCCC3)nc3scc(-c4ccccc4)c23)CC1. The Labute approximate surface area is 193 Å². The Hall–Kier alpha value is -2.51. The Morgan fingerprint density at radius 1 is 1.09 bits per heavy atom. The second-order valence-corrected chi connectivity index (χ2v) is 9.67. The van der Waals surface area contributed by atoms with Gasteiger partial charge in [0.2, 0.25) is 5.91 Å². The second-order valence-electron chi connectivity index (χ2n) is 8.81. The number of amides is 1. The van der Waals surface area contributed by atoms with E-state index >= 15 is 0 Å². The number of aromatic nitrogens is 2. The zero-order valence-corrected chi connectivity index (χ0v) is 19.4. The van der Waals surface area contributed by atoms with E-state index in [4.69, 9.17) is 14.7 Å². The maximum absolute atomic E-state index is 12.8. The van der Waals surface area contributed by atoms with Gasteiger partial charge in [0.25, 0.3) is 0 Å². The molecule has 0 aliphatic carbocycles. The van der Waals surface area contributed by atoms with Gasteiger partial charge >= 0.3 is 0 Å². The highest BCUT2D eigenvalue weighted by atomic mass is 32.1. The normalized spacial score (nSPS) is 17.4. The van der Waals surface area contributed by atoms with Crippen molar-refractivity contribution in [2.24, 2.45) is 5.92 Å². The average Bonchev–Trinajstić information content (AvgIpc) is 3.50. The molecule has 7 heteroatoms. The molecule has 2 fully saturated rings. The van der Waals surface area contributed by atoms with E-state index in [9.17, 15) is 4.79 Å². The number of anilines is 1. The monoisotopic (exact) mass is 450 g/mol. The van der Waals surface area contributed by atoms with Gasteiger partial charge in [-0.25, -0.2) is 9.97 Å². The highest BCUT2D eigenvalue weighted by Gasteiger charge is 2.26.